The average molecular weight is 287 g/mol. The molecule has 1 aliphatic rings. The summed E-state index contributed by atoms with van der Waals surface area (Å²) >= 11 is 0. The van der Waals surface area contributed by atoms with Crippen LogP contribution >= 0.6 is 0 Å². The minimum absolute atomic E-state index is 0.182. The van der Waals surface area contributed by atoms with E-state index < -0.39 is 18.3 Å². The Kier molecular flexibility index (Phi) is 2.97. The molecule has 0 spiro atoms. The maximum absolute atomic E-state index is 12.1. The lowest BCUT2D eigenvalue weighted by Gasteiger charge is -2.32. The molecule has 6 nitrogen and oxygen atoms in total. The Bertz CT molecular complexity index is 754. The Labute approximate surface area is 123 Å². The highest BCUT2D eigenvalue weighted by Crippen LogP contribution is 2.36. The third-order valence-electron chi connectivity index (χ3n) is 4.36. The van der Waals surface area contributed by atoms with Gasteiger partial charge in [-0.1, -0.05) is 11.3 Å². The SMILES string of the molecule is Cn1nnc2ccc(B3OC(C)(C)C(C)(C)O3)cc2c1=O. The molecule has 1 saturated heterocycles. The molecule has 110 valence electrons. The number of fused-ring (bicyclic) bond motifs is 1. The third kappa shape index (κ3) is 2.17. The van der Waals surface area contributed by atoms with Gasteiger partial charge in [0, 0.05) is 7.05 Å². The zero-order valence-electron chi connectivity index (χ0n) is 12.9. The van der Waals surface area contributed by atoms with Crippen LogP contribution < -0.4 is 11.0 Å². The Morgan fingerprint density at radius 1 is 1.14 bits per heavy atom. The van der Waals surface area contributed by atoms with Crippen LogP contribution in [0.25, 0.3) is 10.9 Å². The molecule has 0 amide bonds. The van der Waals surface area contributed by atoms with Gasteiger partial charge in [0.1, 0.15) is 5.52 Å². The molecule has 0 aliphatic carbocycles. The molecule has 1 aromatic carbocycles. The Hall–Kier alpha value is -1.73. The summed E-state index contributed by atoms with van der Waals surface area (Å²) in [6.07, 6.45) is 0. The predicted octanol–water partition coefficient (Wildman–Crippen LogP) is 0.628. The van der Waals surface area contributed by atoms with E-state index in [4.69, 9.17) is 9.31 Å². The topological polar surface area (TPSA) is 66.2 Å². The van der Waals surface area contributed by atoms with Crippen molar-refractivity contribution in [2.45, 2.75) is 38.9 Å². The first-order valence-corrected chi connectivity index (χ1v) is 6.90. The standard InChI is InChI=1S/C14H18BN3O3/c1-13(2)14(3,4)21-15(20-13)9-6-7-11-10(8-9)12(19)18(5)17-16-11/h6-8H,1-5H3. The summed E-state index contributed by atoms with van der Waals surface area (Å²) in [4.78, 5) is 12.1. The van der Waals surface area contributed by atoms with Gasteiger partial charge < -0.3 is 9.31 Å². The van der Waals surface area contributed by atoms with Crippen molar-refractivity contribution in [3.63, 3.8) is 0 Å². The van der Waals surface area contributed by atoms with Gasteiger partial charge in [-0.05, 0) is 45.3 Å². The van der Waals surface area contributed by atoms with E-state index in [0.717, 1.165) is 5.46 Å². The van der Waals surface area contributed by atoms with Crippen LogP contribution in [0.4, 0.5) is 0 Å². The first-order valence-electron chi connectivity index (χ1n) is 6.90. The van der Waals surface area contributed by atoms with Crippen molar-refractivity contribution in [3.8, 4) is 0 Å². The zero-order chi connectivity index (χ0) is 15.4. The van der Waals surface area contributed by atoms with Crippen LogP contribution in [0.5, 0.6) is 0 Å². The summed E-state index contributed by atoms with van der Waals surface area (Å²) in [7, 11) is 1.09. The molecule has 1 aliphatic heterocycles. The van der Waals surface area contributed by atoms with Crippen molar-refractivity contribution >= 4 is 23.5 Å². The van der Waals surface area contributed by atoms with Gasteiger partial charge in [0.15, 0.2) is 0 Å². The van der Waals surface area contributed by atoms with Crippen molar-refractivity contribution in [1.29, 1.82) is 0 Å². The Morgan fingerprint density at radius 2 is 1.76 bits per heavy atom. The van der Waals surface area contributed by atoms with Crippen LogP contribution in [0.3, 0.4) is 0 Å². The van der Waals surface area contributed by atoms with Gasteiger partial charge in [-0.3, -0.25) is 4.79 Å². The van der Waals surface area contributed by atoms with Crippen LogP contribution in [0, 0.1) is 0 Å². The van der Waals surface area contributed by atoms with Crippen molar-refractivity contribution in [2.75, 3.05) is 0 Å². The summed E-state index contributed by atoms with van der Waals surface area (Å²) in [5.74, 6) is 0. The van der Waals surface area contributed by atoms with E-state index in [0.29, 0.717) is 10.9 Å². The van der Waals surface area contributed by atoms with E-state index in [-0.39, 0.29) is 5.56 Å². The Morgan fingerprint density at radius 3 is 2.38 bits per heavy atom. The minimum atomic E-state index is -0.489. The van der Waals surface area contributed by atoms with Crippen LogP contribution in [-0.4, -0.2) is 33.3 Å². The largest absolute Gasteiger partial charge is 0.494 e. The van der Waals surface area contributed by atoms with Crippen LogP contribution in [0.15, 0.2) is 23.0 Å². The first-order chi connectivity index (χ1) is 9.71. The van der Waals surface area contributed by atoms with Gasteiger partial charge in [0.25, 0.3) is 5.56 Å². The predicted molar refractivity (Wildman–Crippen MR) is 80.5 cm³/mol. The summed E-state index contributed by atoms with van der Waals surface area (Å²) in [6, 6.07) is 5.40. The van der Waals surface area contributed by atoms with Gasteiger partial charge in [-0.2, -0.15) is 0 Å². The second-order valence-electron chi connectivity index (χ2n) is 6.38. The van der Waals surface area contributed by atoms with Crippen molar-refractivity contribution in [1.82, 2.24) is 15.0 Å². The zero-order valence-corrected chi connectivity index (χ0v) is 12.9. The molecule has 0 N–H and O–H groups in total. The lowest BCUT2D eigenvalue weighted by Crippen LogP contribution is -2.41. The maximum Gasteiger partial charge on any atom is 0.494 e. The normalized spacial score (nSPS) is 20.1. The van der Waals surface area contributed by atoms with Gasteiger partial charge >= 0.3 is 7.12 Å². The van der Waals surface area contributed by atoms with Gasteiger partial charge in [-0.15, -0.1) is 5.10 Å². The second kappa shape index (κ2) is 4.38. The molecule has 0 bridgehead atoms. The molecule has 2 aromatic rings. The summed E-state index contributed by atoms with van der Waals surface area (Å²) in [5.41, 5.74) is 0.380. The van der Waals surface area contributed by atoms with Crippen LogP contribution in [0.1, 0.15) is 27.7 Å². The van der Waals surface area contributed by atoms with E-state index in [9.17, 15) is 4.79 Å². The molecular formula is C14H18BN3O3. The highest BCUT2D eigenvalue weighted by molar-refractivity contribution is 6.62. The fourth-order valence-electron chi connectivity index (χ4n) is 2.27. The number of nitrogens with zero attached hydrogens (tertiary/aromatic N) is 3. The van der Waals surface area contributed by atoms with Crippen LogP contribution in [0.2, 0.25) is 0 Å². The van der Waals surface area contributed by atoms with Crippen molar-refractivity contribution in [2.24, 2.45) is 7.05 Å². The molecule has 21 heavy (non-hydrogen) atoms. The van der Waals surface area contributed by atoms with Crippen LogP contribution in [-0.2, 0) is 16.4 Å². The monoisotopic (exact) mass is 287 g/mol. The highest BCUT2D eigenvalue weighted by Gasteiger charge is 2.51. The van der Waals surface area contributed by atoms with Crippen molar-refractivity contribution in [3.05, 3.63) is 28.6 Å². The molecule has 0 unspecified atom stereocenters. The van der Waals surface area contributed by atoms with Crippen molar-refractivity contribution < 1.29 is 9.31 Å². The van der Waals surface area contributed by atoms with E-state index in [1.54, 1.807) is 19.2 Å². The second-order valence-corrected chi connectivity index (χ2v) is 6.38. The third-order valence-corrected chi connectivity index (χ3v) is 4.36. The smallest absolute Gasteiger partial charge is 0.399 e. The molecule has 1 aromatic heterocycles. The molecular weight excluding hydrogens is 269 g/mol. The van der Waals surface area contributed by atoms with Gasteiger partial charge in [-0.25, -0.2) is 4.68 Å². The first kappa shape index (κ1) is 14.2. The van der Waals surface area contributed by atoms with Gasteiger partial charge in [0.2, 0.25) is 0 Å². The maximum atomic E-state index is 12.1. The fraction of sp³-hybridized carbons (Fsp3) is 0.500. The van der Waals surface area contributed by atoms with E-state index >= 15 is 0 Å². The lowest BCUT2D eigenvalue weighted by atomic mass is 9.78. The summed E-state index contributed by atoms with van der Waals surface area (Å²) in [5, 5.41) is 8.28. The molecule has 0 radical (unpaired) electrons. The number of aromatic nitrogens is 3. The quantitative estimate of drug-likeness (QED) is 0.720. The number of aryl methyl sites for hydroxylation is 1. The average Bonchev–Trinajstić information content (AvgIpc) is 2.63. The van der Waals surface area contributed by atoms with Gasteiger partial charge in [0.05, 0.1) is 16.6 Å². The molecule has 1 fully saturated rings. The summed E-state index contributed by atoms with van der Waals surface area (Å²) in [6.45, 7) is 7.99. The number of hydrogen-bond donors (Lipinski definition) is 0. The Balaban J connectivity index is 2.07. The number of benzene rings is 1. The minimum Gasteiger partial charge on any atom is -0.399 e. The fourth-order valence-corrected chi connectivity index (χ4v) is 2.27. The molecule has 0 atom stereocenters. The van der Waals surface area contributed by atoms with E-state index in [1.165, 1.54) is 4.68 Å². The number of hydrogen-bond acceptors (Lipinski definition) is 5. The highest BCUT2D eigenvalue weighted by atomic mass is 16.7. The van der Waals surface area contributed by atoms with E-state index in [2.05, 4.69) is 10.3 Å². The summed E-state index contributed by atoms with van der Waals surface area (Å²) < 4.78 is 13.2. The van der Waals surface area contributed by atoms with E-state index in [1.807, 2.05) is 33.8 Å². The molecule has 2 heterocycles. The molecule has 3 rings (SSSR count). The number of rotatable bonds is 1. The lowest BCUT2D eigenvalue weighted by molar-refractivity contribution is 0.00578. The molecule has 7 heteroatoms. The molecule has 0 saturated carbocycles.